The van der Waals surface area contributed by atoms with Crippen molar-refractivity contribution in [2.75, 3.05) is 12.0 Å². The van der Waals surface area contributed by atoms with E-state index in [0.717, 1.165) is 29.0 Å². The second kappa shape index (κ2) is 6.27. The van der Waals surface area contributed by atoms with E-state index in [1.807, 2.05) is 17.8 Å². The molecule has 0 saturated heterocycles. The van der Waals surface area contributed by atoms with E-state index in [9.17, 15) is 4.79 Å². The van der Waals surface area contributed by atoms with Gasteiger partial charge in [0.1, 0.15) is 5.52 Å². The highest BCUT2D eigenvalue weighted by Gasteiger charge is 2.28. The van der Waals surface area contributed by atoms with Crippen LogP contribution in [0.1, 0.15) is 25.3 Å². The van der Waals surface area contributed by atoms with Gasteiger partial charge >= 0.3 is 5.97 Å². The van der Waals surface area contributed by atoms with E-state index >= 15 is 0 Å². The monoisotopic (exact) mass is 323 g/mol. The lowest BCUT2D eigenvalue weighted by atomic mass is 10.2. The highest BCUT2D eigenvalue weighted by atomic mass is 32.2. The summed E-state index contributed by atoms with van der Waals surface area (Å²) < 4.78 is 2.22. The molecule has 0 aliphatic heterocycles. The Bertz CT molecular complexity index is 659. The summed E-state index contributed by atoms with van der Waals surface area (Å²) in [5, 5.41) is 10.4. The predicted molar refractivity (Wildman–Crippen MR) is 86.1 cm³/mol. The number of pyridine rings is 1. The largest absolute Gasteiger partial charge is 0.481 e. The normalized spacial score (nSPS) is 22.0. The lowest BCUT2D eigenvalue weighted by molar-refractivity contribution is -0.133. The van der Waals surface area contributed by atoms with Gasteiger partial charge in [-0.3, -0.25) is 9.78 Å². The molecule has 1 aliphatic rings. The predicted octanol–water partition coefficient (Wildman–Crippen LogP) is 3.06. The van der Waals surface area contributed by atoms with Crippen LogP contribution in [-0.4, -0.2) is 42.9 Å². The number of carbonyl (C=O) groups is 1. The van der Waals surface area contributed by atoms with E-state index in [2.05, 4.69) is 20.8 Å². The second-order valence-electron chi connectivity index (χ2n) is 5.14. The molecule has 0 bridgehead atoms. The van der Waals surface area contributed by atoms with Crippen molar-refractivity contribution in [3.05, 3.63) is 18.5 Å². The Balaban J connectivity index is 1.97. The molecule has 0 aromatic carbocycles. The number of imidazole rings is 1. The Kier molecular flexibility index (Phi) is 4.40. The first-order valence-electron chi connectivity index (χ1n) is 6.88. The number of rotatable bonds is 5. The van der Waals surface area contributed by atoms with Gasteiger partial charge in [0, 0.05) is 17.5 Å². The SMILES string of the molecule is CSC1CCC(n2c(SCC(=O)O)nc3cnccc32)C1. The smallest absolute Gasteiger partial charge is 0.313 e. The highest BCUT2D eigenvalue weighted by Crippen LogP contribution is 2.40. The number of aliphatic carboxylic acids is 1. The van der Waals surface area contributed by atoms with Crippen molar-refractivity contribution in [1.29, 1.82) is 0 Å². The van der Waals surface area contributed by atoms with Crippen molar-refractivity contribution in [3.63, 3.8) is 0 Å². The van der Waals surface area contributed by atoms with Crippen LogP contribution in [0.25, 0.3) is 11.0 Å². The van der Waals surface area contributed by atoms with Gasteiger partial charge in [-0.25, -0.2) is 4.98 Å². The van der Waals surface area contributed by atoms with Gasteiger partial charge in [-0.1, -0.05) is 11.8 Å². The molecule has 5 nitrogen and oxygen atoms in total. The van der Waals surface area contributed by atoms with Crippen LogP contribution in [0.15, 0.2) is 23.6 Å². The third kappa shape index (κ3) is 3.03. The van der Waals surface area contributed by atoms with E-state index in [4.69, 9.17) is 5.11 Å². The first-order valence-corrected chi connectivity index (χ1v) is 9.15. The molecule has 3 rings (SSSR count). The zero-order valence-electron chi connectivity index (χ0n) is 11.7. The van der Waals surface area contributed by atoms with Crippen molar-refractivity contribution in [2.45, 2.75) is 35.7 Å². The average Bonchev–Trinajstić information content (AvgIpc) is 3.08. The molecule has 1 fully saturated rings. The van der Waals surface area contributed by atoms with Crippen molar-refractivity contribution in [2.24, 2.45) is 0 Å². The topological polar surface area (TPSA) is 68.0 Å². The first-order chi connectivity index (χ1) is 10.2. The minimum absolute atomic E-state index is 0.0371. The Morgan fingerprint density at radius 2 is 2.38 bits per heavy atom. The van der Waals surface area contributed by atoms with Gasteiger partial charge in [0.25, 0.3) is 0 Å². The summed E-state index contributed by atoms with van der Waals surface area (Å²) in [7, 11) is 0. The minimum Gasteiger partial charge on any atom is -0.481 e. The molecule has 0 radical (unpaired) electrons. The lowest BCUT2D eigenvalue weighted by Gasteiger charge is -2.16. The molecule has 7 heteroatoms. The Labute approximate surface area is 131 Å². The van der Waals surface area contributed by atoms with Gasteiger partial charge in [-0.05, 0) is 31.6 Å². The maximum absolute atomic E-state index is 10.8. The summed E-state index contributed by atoms with van der Waals surface area (Å²) >= 11 is 3.21. The quantitative estimate of drug-likeness (QED) is 0.853. The van der Waals surface area contributed by atoms with Crippen LogP contribution in [0.5, 0.6) is 0 Å². The molecular weight excluding hydrogens is 306 g/mol. The van der Waals surface area contributed by atoms with Gasteiger partial charge in [-0.15, -0.1) is 0 Å². The molecule has 2 heterocycles. The molecule has 0 amide bonds. The first kappa shape index (κ1) is 14.7. The average molecular weight is 323 g/mol. The zero-order valence-corrected chi connectivity index (χ0v) is 13.4. The summed E-state index contributed by atoms with van der Waals surface area (Å²) in [4.78, 5) is 19.5. The maximum atomic E-state index is 10.8. The standard InChI is InChI=1S/C14H17N3O2S2/c1-20-10-3-2-9(6-10)17-12-4-5-15-7-11(12)16-14(17)21-8-13(18)19/h4-5,7,9-10H,2-3,6,8H2,1H3,(H,18,19). The number of nitrogens with zero attached hydrogens (tertiary/aromatic N) is 3. The molecule has 0 spiro atoms. The molecule has 2 unspecified atom stereocenters. The molecule has 112 valence electrons. The minimum atomic E-state index is -0.815. The molecule has 1 N–H and O–H groups in total. The van der Waals surface area contributed by atoms with E-state index in [-0.39, 0.29) is 5.75 Å². The maximum Gasteiger partial charge on any atom is 0.313 e. The third-order valence-corrected chi connectivity index (χ3v) is 5.87. The lowest BCUT2D eigenvalue weighted by Crippen LogP contribution is -2.09. The Morgan fingerprint density at radius 1 is 1.52 bits per heavy atom. The summed E-state index contributed by atoms with van der Waals surface area (Å²) in [5.41, 5.74) is 1.91. The van der Waals surface area contributed by atoms with Crippen LogP contribution in [0.4, 0.5) is 0 Å². The molecule has 1 saturated carbocycles. The number of carboxylic acids is 1. The van der Waals surface area contributed by atoms with E-state index in [1.54, 1.807) is 12.4 Å². The second-order valence-corrected chi connectivity index (χ2v) is 7.22. The van der Waals surface area contributed by atoms with E-state index in [0.29, 0.717) is 11.3 Å². The van der Waals surface area contributed by atoms with Crippen LogP contribution in [-0.2, 0) is 4.79 Å². The van der Waals surface area contributed by atoms with Crippen molar-refractivity contribution >= 4 is 40.5 Å². The van der Waals surface area contributed by atoms with Crippen LogP contribution >= 0.6 is 23.5 Å². The van der Waals surface area contributed by atoms with Crippen molar-refractivity contribution in [3.8, 4) is 0 Å². The number of hydrogen-bond acceptors (Lipinski definition) is 5. The Morgan fingerprint density at radius 3 is 3.10 bits per heavy atom. The summed E-state index contributed by atoms with van der Waals surface area (Å²) in [6, 6.07) is 2.38. The number of aromatic nitrogens is 3. The fraction of sp³-hybridized carbons (Fsp3) is 0.500. The van der Waals surface area contributed by atoms with Gasteiger partial charge in [0.2, 0.25) is 0 Å². The van der Waals surface area contributed by atoms with Gasteiger partial charge in [-0.2, -0.15) is 11.8 Å². The van der Waals surface area contributed by atoms with Crippen LogP contribution < -0.4 is 0 Å². The summed E-state index contributed by atoms with van der Waals surface area (Å²) in [6.07, 6.45) is 9.13. The molecule has 2 aromatic heterocycles. The van der Waals surface area contributed by atoms with E-state index < -0.39 is 5.97 Å². The van der Waals surface area contributed by atoms with Crippen LogP contribution in [0.2, 0.25) is 0 Å². The fourth-order valence-corrected chi connectivity index (χ4v) is 4.46. The summed E-state index contributed by atoms with van der Waals surface area (Å²) in [5.74, 6) is -0.778. The summed E-state index contributed by atoms with van der Waals surface area (Å²) in [6.45, 7) is 0. The molecule has 21 heavy (non-hydrogen) atoms. The fourth-order valence-electron chi connectivity index (χ4n) is 2.88. The number of fused-ring (bicyclic) bond motifs is 1. The molecular formula is C14H17N3O2S2. The van der Waals surface area contributed by atoms with Crippen molar-refractivity contribution < 1.29 is 9.90 Å². The van der Waals surface area contributed by atoms with Gasteiger partial charge in [0.15, 0.2) is 5.16 Å². The Hall–Kier alpha value is -1.21. The van der Waals surface area contributed by atoms with Crippen molar-refractivity contribution in [1.82, 2.24) is 14.5 Å². The molecule has 2 aromatic rings. The van der Waals surface area contributed by atoms with Crippen LogP contribution in [0.3, 0.4) is 0 Å². The van der Waals surface area contributed by atoms with Gasteiger partial charge < -0.3 is 9.67 Å². The number of thioether (sulfide) groups is 2. The van der Waals surface area contributed by atoms with Gasteiger partial charge in [0.05, 0.1) is 17.5 Å². The molecule has 2 atom stereocenters. The number of hydrogen-bond donors (Lipinski definition) is 1. The zero-order chi connectivity index (χ0) is 14.8. The highest BCUT2D eigenvalue weighted by molar-refractivity contribution is 7.99. The van der Waals surface area contributed by atoms with E-state index in [1.165, 1.54) is 18.2 Å². The third-order valence-electron chi connectivity index (χ3n) is 3.84. The van der Waals surface area contributed by atoms with Crippen LogP contribution in [0, 0.1) is 0 Å². The molecule has 1 aliphatic carbocycles. The number of carboxylic acid groups (broad SMARTS) is 1.